The number of aliphatic carboxylic acids is 1. The van der Waals surface area contributed by atoms with Crippen molar-refractivity contribution in [2.75, 3.05) is 12.3 Å². The van der Waals surface area contributed by atoms with Gasteiger partial charge in [-0.05, 0) is 38.6 Å². The smallest absolute Gasteiger partial charge is 0.325 e. The van der Waals surface area contributed by atoms with Crippen LogP contribution < -0.4 is 5.32 Å². The van der Waals surface area contributed by atoms with E-state index in [1.54, 1.807) is 18.7 Å². The van der Waals surface area contributed by atoms with Crippen LogP contribution in [-0.4, -0.2) is 45.4 Å². The lowest BCUT2D eigenvalue weighted by Gasteiger charge is -2.32. The summed E-state index contributed by atoms with van der Waals surface area (Å²) in [6, 6.07) is 0. The van der Waals surface area contributed by atoms with Crippen molar-refractivity contribution in [3.63, 3.8) is 0 Å². The van der Waals surface area contributed by atoms with Crippen LogP contribution >= 0.6 is 11.8 Å². The molecule has 0 bridgehead atoms. The number of carboxylic acids is 1. The number of rotatable bonds is 9. The van der Waals surface area contributed by atoms with E-state index in [0.29, 0.717) is 5.75 Å². The van der Waals surface area contributed by atoms with Gasteiger partial charge in [-0.3, -0.25) is 4.79 Å². The standard InChI is InChI=1S/C13H25NO3S/c1-4-7-14-13(12(16)17,11-5-6-11)8-18-10(3)9(2)15/h9-11,14-15H,4-8H2,1-3H3,(H,16,17). The molecule has 1 fully saturated rings. The summed E-state index contributed by atoms with van der Waals surface area (Å²) < 4.78 is 0. The molecule has 106 valence electrons. The minimum Gasteiger partial charge on any atom is -0.480 e. The van der Waals surface area contributed by atoms with Gasteiger partial charge in [-0.15, -0.1) is 0 Å². The molecule has 0 saturated heterocycles. The van der Waals surface area contributed by atoms with Crippen LogP contribution in [0.5, 0.6) is 0 Å². The Balaban J connectivity index is 2.66. The summed E-state index contributed by atoms with van der Waals surface area (Å²) in [6.45, 7) is 6.45. The minimum atomic E-state index is -0.802. The monoisotopic (exact) mass is 275 g/mol. The van der Waals surface area contributed by atoms with Gasteiger partial charge in [0, 0.05) is 11.0 Å². The summed E-state index contributed by atoms with van der Waals surface area (Å²) in [4.78, 5) is 11.7. The third-order valence-corrected chi connectivity index (χ3v) is 5.14. The molecule has 18 heavy (non-hydrogen) atoms. The van der Waals surface area contributed by atoms with Crippen molar-refractivity contribution in [2.45, 2.75) is 56.9 Å². The van der Waals surface area contributed by atoms with E-state index in [9.17, 15) is 15.0 Å². The highest BCUT2D eigenvalue weighted by atomic mass is 32.2. The fraction of sp³-hybridized carbons (Fsp3) is 0.923. The molecule has 0 aromatic rings. The van der Waals surface area contributed by atoms with E-state index in [0.717, 1.165) is 25.8 Å². The highest BCUT2D eigenvalue weighted by molar-refractivity contribution is 8.00. The predicted octanol–water partition coefficient (Wildman–Crippen LogP) is 1.72. The molecule has 3 atom stereocenters. The van der Waals surface area contributed by atoms with Crippen LogP contribution in [0.4, 0.5) is 0 Å². The van der Waals surface area contributed by atoms with Crippen molar-refractivity contribution < 1.29 is 15.0 Å². The zero-order valence-electron chi connectivity index (χ0n) is 11.5. The summed E-state index contributed by atoms with van der Waals surface area (Å²) in [5.74, 6) is 0.0259. The predicted molar refractivity (Wildman–Crippen MR) is 75.0 cm³/mol. The minimum absolute atomic E-state index is 0.0610. The van der Waals surface area contributed by atoms with Crippen molar-refractivity contribution in [3.8, 4) is 0 Å². The Labute approximate surface area is 114 Å². The highest BCUT2D eigenvalue weighted by Gasteiger charge is 2.50. The molecule has 0 amide bonds. The molecule has 3 N–H and O–H groups in total. The van der Waals surface area contributed by atoms with Crippen molar-refractivity contribution in [1.29, 1.82) is 0 Å². The second kappa shape index (κ2) is 6.78. The topological polar surface area (TPSA) is 69.6 Å². The molecule has 1 rings (SSSR count). The molecule has 1 aliphatic rings. The number of nitrogens with one attached hydrogen (secondary N) is 1. The molecular weight excluding hydrogens is 250 g/mol. The summed E-state index contributed by atoms with van der Waals surface area (Å²) in [7, 11) is 0. The van der Waals surface area contributed by atoms with E-state index in [4.69, 9.17) is 0 Å². The number of carboxylic acid groups (broad SMARTS) is 1. The first-order chi connectivity index (χ1) is 8.44. The van der Waals surface area contributed by atoms with Crippen LogP contribution in [0.1, 0.15) is 40.0 Å². The highest BCUT2D eigenvalue weighted by Crippen LogP contribution is 2.42. The van der Waals surface area contributed by atoms with Crippen molar-refractivity contribution >= 4 is 17.7 Å². The molecule has 5 heteroatoms. The molecule has 0 aromatic carbocycles. The Morgan fingerprint density at radius 1 is 1.50 bits per heavy atom. The number of aliphatic hydroxyl groups is 1. The van der Waals surface area contributed by atoms with Gasteiger partial charge in [-0.2, -0.15) is 11.8 Å². The lowest BCUT2D eigenvalue weighted by molar-refractivity contribution is -0.144. The van der Waals surface area contributed by atoms with Crippen LogP contribution in [0.25, 0.3) is 0 Å². The third-order valence-electron chi connectivity index (χ3n) is 3.60. The number of hydrogen-bond acceptors (Lipinski definition) is 4. The maximum atomic E-state index is 11.7. The van der Waals surface area contributed by atoms with E-state index in [1.807, 2.05) is 13.8 Å². The zero-order valence-corrected chi connectivity index (χ0v) is 12.3. The fourth-order valence-electron chi connectivity index (χ4n) is 1.95. The fourth-order valence-corrected chi connectivity index (χ4v) is 3.22. The molecule has 0 radical (unpaired) electrons. The van der Waals surface area contributed by atoms with Crippen molar-refractivity contribution in [3.05, 3.63) is 0 Å². The molecule has 4 nitrogen and oxygen atoms in total. The Morgan fingerprint density at radius 3 is 2.50 bits per heavy atom. The molecule has 0 heterocycles. The number of thioether (sulfide) groups is 1. The van der Waals surface area contributed by atoms with Crippen LogP contribution in [0.3, 0.4) is 0 Å². The number of hydrogen-bond donors (Lipinski definition) is 3. The lowest BCUT2D eigenvalue weighted by Crippen LogP contribution is -2.56. The molecular formula is C13H25NO3S. The normalized spacial score (nSPS) is 22.2. The molecule has 0 spiro atoms. The van der Waals surface area contributed by atoms with Gasteiger partial charge in [-0.1, -0.05) is 13.8 Å². The van der Waals surface area contributed by atoms with Gasteiger partial charge in [0.05, 0.1) is 6.10 Å². The maximum Gasteiger partial charge on any atom is 0.325 e. The first-order valence-electron chi connectivity index (χ1n) is 6.72. The van der Waals surface area contributed by atoms with E-state index < -0.39 is 17.6 Å². The SMILES string of the molecule is CCCNC(CSC(C)C(C)O)(C(=O)O)C1CC1. The Hall–Kier alpha value is -0.260. The quantitative estimate of drug-likeness (QED) is 0.598. The lowest BCUT2D eigenvalue weighted by atomic mass is 9.95. The molecule has 1 aliphatic carbocycles. The average Bonchev–Trinajstić information content (AvgIpc) is 3.13. The largest absolute Gasteiger partial charge is 0.480 e. The van der Waals surface area contributed by atoms with Gasteiger partial charge < -0.3 is 15.5 Å². The summed E-state index contributed by atoms with van der Waals surface area (Å²) in [6.07, 6.45) is 2.50. The second-order valence-corrected chi connectivity index (χ2v) is 6.60. The van der Waals surface area contributed by atoms with Crippen LogP contribution in [0, 0.1) is 5.92 Å². The maximum absolute atomic E-state index is 11.7. The molecule has 0 aliphatic heterocycles. The van der Waals surface area contributed by atoms with Crippen LogP contribution in [0.2, 0.25) is 0 Å². The van der Waals surface area contributed by atoms with E-state index in [2.05, 4.69) is 5.32 Å². The second-order valence-electron chi connectivity index (χ2n) is 5.23. The van der Waals surface area contributed by atoms with Crippen molar-refractivity contribution in [2.24, 2.45) is 5.92 Å². The van der Waals surface area contributed by atoms with Crippen molar-refractivity contribution in [1.82, 2.24) is 5.32 Å². The zero-order chi connectivity index (χ0) is 13.8. The summed E-state index contributed by atoms with van der Waals surface area (Å²) >= 11 is 1.55. The molecule has 1 saturated carbocycles. The Kier molecular flexibility index (Phi) is 5.95. The molecule has 3 unspecified atom stereocenters. The van der Waals surface area contributed by atoms with Gasteiger partial charge >= 0.3 is 5.97 Å². The van der Waals surface area contributed by atoms with Gasteiger partial charge in [0.2, 0.25) is 0 Å². The Bertz CT molecular complexity index is 281. The summed E-state index contributed by atoms with van der Waals surface area (Å²) in [5.41, 5.74) is -0.802. The van der Waals surface area contributed by atoms with Gasteiger partial charge in [0.25, 0.3) is 0 Å². The van der Waals surface area contributed by atoms with Crippen LogP contribution in [-0.2, 0) is 4.79 Å². The van der Waals surface area contributed by atoms with Crippen LogP contribution in [0.15, 0.2) is 0 Å². The average molecular weight is 275 g/mol. The number of aliphatic hydroxyl groups excluding tert-OH is 1. The van der Waals surface area contributed by atoms with E-state index in [1.165, 1.54) is 0 Å². The van der Waals surface area contributed by atoms with E-state index >= 15 is 0 Å². The first kappa shape index (κ1) is 15.8. The third kappa shape index (κ3) is 3.87. The van der Waals surface area contributed by atoms with Gasteiger partial charge in [-0.25, -0.2) is 0 Å². The number of carbonyl (C=O) groups is 1. The van der Waals surface area contributed by atoms with E-state index in [-0.39, 0.29) is 11.2 Å². The van der Waals surface area contributed by atoms with Gasteiger partial charge in [0.1, 0.15) is 5.54 Å². The van der Waals surface area contributed by atoms with Gasteiger partial charge in [0.15, 0.2) is 0 Å². The molecule has 0 aromatic heterocycles. The Morgan fingerprint density at radius 2 is 2.11 bits per heavy atom. The summed E-state index contributed by atoms with van der Waals surface area (Å²) in [5, 5.41) is 22.4. The first-order valence-corrected chi connectivity index (χ1v) is 7.77.